The third kappa shape index (κ3) is 3.71. The van der Waals surface area contributed by atoms with Crippen molar-refractivity contribution >= 4 is 51.0 Å². The van der Waals surface area contributed by atoms with Crippen molar-refractivity contribution in [3.63, 3.8) is 0 Å². The molecular formula is C14H14N2O7S3. The normalized spacial score (nSPS) is 22.5. The van der Waals surface area contributed by atoms with Gasteiger partial charge in [0.1, 0.15) is 11.4 Å². The third-order valence-electron chi connectivity index (χ3n) is 3.62. The maximum absolute atomic E-state index is 12.4. The Hall–Kier alpha value is -2.05. The summed E-state index contributed by atoms with van der Waals surface area (Å²) in [6, 6.07) is 2.75. The Balaban J connectivity index is 1.74. The SMILES string of the molecule is CS(=O)(=O)OC1=C(C(=O)O)N2C(=O)[C@@H](NC(=O)Cc3cccs3)[C@@H]2SC1. The summed E-state index contributed by atoms with van der Waals surface area (Å²) in [4.78, 5) is 37.7. The molecule has 0 aromatic carbocycles. The monoisotopic (exact) mass is 418 g/mol. The van der Waals surface area contributed by atoms with Crippen molar-refractivity contribution in [3.05, 3.63) is 33.8 Å². The molecule has 0 unspecified atom stereocenters. The zero-order valence-electron chi connectivity index (χ0n) is 13.4. The number of hydrogen-bond acceptors (Lipinski definition) is 8. The molecule has 0 spiro atoms. The van der Waals surface area contributed by atoms with Gasteiger partial charge < -0.3 is 14.6 Å². The number of β-lactam (4-membered cyclic amide) rings is 1. The molecule has 1 aromatic heterocycles. The molecule has 1 saturated heterocycles. The quantitative estimate of drug-likeness (QED) is 0.486. The lowest BCUT2D eigenvalue weighted by Crippen LogP contribution is -2.70. The predicted octanol–water partition coefficient (Wildman–Crippen LogP) is -0.0371. The first-order valence-corrected chi connectivity index (χ1v) is 11.0. The Labute approximate surface area is 157 Å². The zero-order valence-corrected chi connectivity index (χ0v) is 15.8. The van der Waals surface area contributed by atoms with E-state index in [0.717, 1.165) is 27.8 Å². The van der Waals surface area contributed by atoms with Crippen LogP contribution in [0.4, 0.5) is 0 Å². The topological polar surface area (TPSA) is 130 Å². The van der Waals surface area contributed by atoms with Gasteiger partial charge in [-0.15, -0.1) is 23.1 Å². The predicted molar refractivity (Wildman–Crippen MR) is 93.6 cm³/mol. The van der Waals surface area contributed by atoms with Gasteiger partial charge in [0.2, 0.25) is 5.91 Å². The molecule has 2 amide bonds. The maximum atomic E-state index is 12.4. The van der Waals surface area contributed by atoms with Gasteiger partial charge in [-0.05, 0) is 11.4 Å². The highest BCUT2D eigenvalue weighted by Gasteiger charge is 2.55. The van der Waals surface area contributed by atoms with Crippen LogP contribution in [-0.4, -0.2) is 59.6 Å². The van der Waals surface area contributed by atoms with Crippen LogP contribution in [0.5, 0.6) is 0 Å². The van der Waals surface area contributed by atoms with Crippen molar-refractivity contribution in [3.8, 4) is 0 Å². The molecule has 3 rings (SSSR count). The minimum Gasteiger partial charge on any atom is -0.476 e. The van der Waals surface area contributed by atoms with Gasteiger partial charge in [-0.1, -0.05) is 6.07 Å². The van der Waals surface area contributed by atoms with Gasteiger partial charge in [0.05, 0.1) is 18.4 Å². The van der Waals surface area contributed by atoms with Gasteiger partial charge in [0.15, 0.2) is 11.5 Å². The van der Waals surface area contributed by atoms with Crippen LogP contribution in [0.3, 0.4) is 0 Å². The third-order valence-corrected chi connectivity index (χ3v) is 6.25. The molecule has 2 aliphatic rings. The number of rotatable bonds is 6. The highest BCUT2D eigenvalue weighted by molar-refractivity contribution is 8.00. The molecule has 0 radical (unpaired) electrons. The second-order valence-electron chi connectivity index (χ2n) is 5.58. The Kier molecular flexibility index (Phi) is 4.99. The minimum absolute atomic E-state index is 0.0412. The number of hydrogen-bond donors (Lipinski definition) is 2. The highest BCUT2D eigenvalue weighted by Crippen LogP contribution is 2.40. The molecule has 2 N–H and O–H groups in total. The zero-order chi connectivity index (χ0) is 19.1. The lowest BCUT2D eigenvalue weighted by Gasteiger charge is -2.48. The molecule has 0 bridgehead atoms. The summed E-state index contributed by atoms with van der Waals surface area (Å²) in [5, 5.41) is 13.2. The van der Waals surface area contributed by atoms with Crippen molar-refractivity contribution < 1.29 is 32.1 Å². The number of nitrogens with one attached hydrogen (secondary N) is 1. The first-order chi connectivity index (χ1) is 12.2. The number of amides is 2. The molecule has 1 aromatic rings. The Bertz CT molecular complexity index is 892. The fraction of sp³-hybridized carbons (Fsp3) is 0.357. The van der Waals surface area contributed by atoms with Crippen LogP contribution < -0.4 is 5.32 Å². The van der Waals surface area contributed by atoms with Crippen LogP contribution in [0.1, 0.15) is 4.88 Å². The number of carboxylic acids is 1. The number of fused-ring (bicyclic) bond motifs is 1. The lowest BCUT2D eigenvalue weighted by molar-refractivity contribution is -0.151. The fourth-order valence-corrected chi connectivity index (χ4v) is 5.17. The van der Waals surface area contributed by atoms with Crippen LogP contribution >= 0.6 is 23.1 Å². The summed E-state index contributed by atoms with van der Waals surface area (Å²) in [6.45, 7) is 0. The average Bonchev–Trinajstić information content (AvgIpc) is 3.03. The highest BCUT2D eigenvalue weighted by atomic mass is 32.2. The van der Waals surface area contributed by atoms with Crippen molar-refractivity contribution in [2.45, 2.75) is 17.8 Å². The largest absolute Gasteiger partial charge is 0.476 e. The van der Waals surface area contributed by atoms with Crippen molar-refractivity contribution in [1.29, 1.82) is 0 Å². The Morgan fingerprint density at radius 1 is 1.46 bits per heavy atom. The number of nitrogens with zero attached hydrogens (tertiary/aromatic N) is 1. The smallest absolute Gasteiger partial charge is 0.356 e. The van der Waals surface area contributed by atoms with Gasteiger partial charge in [-0.3, -0.25) is 14.5 Å². The van der Waals surface area contributed by atoms with Crippen molar-refractivity contribution in [2.75, 3.05) is 12.0 Å². The molecular weight excluding hydrogens is 404 g/mol. The van der Waals surface area contributed by atoms with E-state index in [1.165, 1.54) is 11.3 Å². The number of thiophene rings is 1. The second-order valence-corrected chi connectivity index (χ2v) is 9.29. The molecule has 2 aliphatic heterocycles. The molecule has 2 atom stereocenters. The Morgan fingerprint density at radius 3 is 2.77 bits per heavy atom. The molecule has 0 saturated carbocycles. The maximum Gasteiger partial charge on any atom is 0.356 e. The molecule has 140 valence electrons. The van der Waals surface area contributed by atoms with Crippen LogP contribution in [0.15, 0.2) is 29.0 Å². The van der Waals surface area contributed by atoms with Gasteiger partial charge in [-0.2, -0.15) is 8.42 Å². The van der Waals surface area contributed by atoms with Crippen molar-refractivity contribution in [2.24, 2.45) is 0 Å². The standard InChI is InChI=1S/C14H14N2O7S3/c1-26(21,22)23-8-6-25-13-10(12(18)16(13)11(8)14(19)20)15-9(17)5-7-3-2-4-24-7/h2-4,10,13H,5-6H2,1H3,(H,15,17)(H,19,20)/t10-,13+/m1/s1. The van der Waals surface area contributed by atoms with E-state index in [1.807, 2.05) is 11.4 Å². The molecule has 26 heavy (non-hydrogen) atoms. The van der Waals surface area contributed by atoms with Crippen LogP contribution in [-0.2, 0) is 35.1 Å². The summed E-state index contributed by atoms with van der Waals surface area (Å²) >= 11 is 2.54. The van der Waals surface area contributed by atoms with E-state index in [2.05, 4.69) is 5.32 Å². The number of carboxylic acid groups (broad SMARTS) is 1. The van der Waals surface area contributed by atoms with E-state index >= 15 is 0 Å². The van der Waals surface area contributed by atoms with Crippen LogP contribution in [0, 0.1) is 0 Å². The van der Waals surface area contributed by atoms with E-state index < -0.39 is 39.1 Å². The van der Waals surface area contributed by atoms with E-state index in [-0.39, 0.29) is 23.8 Å². The number of carbonyl (C=O) groups excluding carboxylic acids is 2. The van der Waals surface area contributed by atoms with E-state index in [4.69, 9.17) is 4.18 Å². The lowest BCUT2D eigenvalue weighted by atomic mass is 10.0. The van der Waals surface area contributed by atoms with Gasteiger partial charge >= 0.3 is 16.1 Å². The summed E-state index contributed by atoms with van der Waals surface area (Å²) in [6.07, 6.45) is 0.921. The van der Waals surface area contributed by atoms with E-state index in [9.17, 15) is 27.9 Å². The fourth-order valence-electron chi connectivity index (χ4n) is 2.63. The second kappa shape index (κ2) is 6.93. The molecule has 9 nitrogen and oxygen atoms in total. The molecule has 1 fully saturated rings. The summed E-state index contributed by atoms with van der Waals surface area (Å²) in [5.74, 6) is -2.78. The Morgan fingerprint density at radius 2 is 2.19 bits per heavy atom. The summed E-state index contributed by atoms with van der Waals surface area (Å²) in [7, 11) is -3.93. The van der Waals surface area contributed by atoms with Crippen molar-refractivity contribution in [1.82, 2.24) is 10.2 Å². The van der Waals surface area contributed by atoms with E-state index in [1.54, 1.807) is 6.07 Å². The first-order valence-electron chi connectivity index (χ1n) is 7.29. The summed E-state index contributed by atoms with van der Waals surface area (Å²) in [5.41, 5.74) is -0.507. The average molecular weight is 418 g/mol. The van der Waals surface area contributed by atoms with Crippen LogP contribution in [0.2, 0.25) is 0 Å². The molecule has 12 heteroatoms. The number of thioether (sulfide) groups is 1. The van der Waals surface area contributed by atoms with Crippen LogP contribution in [0.25, 0.3) is 0 Å². The minimum atomic E-state index is -3.93. The molecule has 3 heterocycles. The number of aliphatic carboxylic acids is 1. The molecule has 0 aliphatic carbocycles. The van der Waals surface area contributed by atoms with E-state index in [0.29, 0.717) is 0 Å². The first kappa shape index (κ1) is 18.7. The van der Waals surface area contributed by atoms with Gasteiger partial charge in [0, 0.05) is 4.88 Å². The number of carbonyl (C=O) groups is 3. The van der Waals surface area contributed by atoms with Gasteiger partial charge in [0.25, 0.3) is 5.91 Å². The summed E-state index contributed by atoms with van der Waals surface area (Å²) < 4.78 is 27.3. The van der Waals surface area contributed by atoms with Gasteiger partial charge in [-0.25, -0.2) is 4.79 Å².